The Morgan fingerprint density at radius 3 is 1.36 bits per heavy atom. The standard InChI is InChI=1S/C21H40O4/c1-5-7-9-10-11-12-13-14-15-16-18-21(17-8-6-2,24-19(3)22)25-20(4)23/h5-18H2,1-4H3. The third-order valence-corrected chi connectivity index (χ3v) is 4.48. The van der Waals surface area contributed by atoms with E-state index in [9.17, 15) is 9.59 Å². The van der Waals surface area contributed by atoms with Gasteiger partial charge in [0.25, 0.3) is 5.79 Å². The van der Waals surface area contributed by atoms with Crippen LogP contribution in [0.4, 0.5) is 0 Å². The highest BCUT2D eigenvalue weighted by atomic mass is 16.7. The first kappa shape index (κ1) is 23.9. The van der Waals surface area contributed by atoms with Crippen LogP contribution in [0.25, 0.3) is 0 Å². The molecule has 0 aromatic carbocycles. The van der Waals surface area contributed by atoms with Crippen molar-refractivity contribution < 1.29 is 19.1 Å². The summed E-state index contributed by atoms with van der Waals surface area (Å²) in [6, 6.07) is 0. The van der Waals surface area contributed by atoms with Crippen molar-refractivity contribution in [3.63, 3.8) is 0 Å². The molecule has 4 heteroatoms. The molecule has 0 bridgehead atoms. The summed E-state index contributed by atoms with van der Waals surface area (Å²) in [4.78, 5) is 22.9. The maximum absolute atomic E-state index is 11.5. The molecular formula is C21H40O4. The number of rotatable bonds is 16. The monoisotopic (exact) mass is 356 g/mol. The molecule has 0 fully saturated rings. The quantitative estimate of drug-likeness (QED) is 0.185. The molecule has 0 unspecified atom stereocenters. The molecule has 25 heavy (non-hydrogen) atoms. The lowest BCUT2D eigenvalue weighted by molar-refractivity contribution is -0.232. The van der Waals surface area contributed by atoms with Gasteiger partial charge in [-0.15, -0.1) is 0 Å². The first-order valence-corrected chi connectivity index (χ1v) is 10.3. The van der Waals surface area contributed by atoms with Gasteiger partial charge in [-0.25, -0.2) is 0 Å². The van der Waals surface area contributed by atoms with Gasteiger partial charge in [-0.3, -0.25) is 9.59 Å². The molecule has 4 nitrogen and oxygen atoms in total. The third kappa shape index (κ3) is 13.9. The zero-order chi connectivity index (χ0) is 19.0. The van der Waals surface area contributed by atoms with E-state index in [0.29, 0.717) is 12.8 Å². The van der Waals surface area contributed by atoms with Crippen LogP contribution < -0.4 is 0 Å². The average Bonchev–Trinajstić information content (AvgIpc) is 2.53. The van der Waals surface area contributed by atoms with Gasteiger partial charge in [0.1, 0.15) is 0 Å². The van der Waals surface area contributed by atoms with E-state index in [4.69, 9.17) is 9.47 Å². The van der Waals surface area contributed by atoms with Gasteiger partial charge in [0, 0.05) is 26.7 Å². The van der Waals surface area contributed by atoms with Crippen molar-refractivity contribution >= 4 is 11.9 Å². The summed E-state index contributed by atoms with van der Waals surface area (Å²) in [5.74, 6) is -1.83. The van der Waals surface area contributed by atoms with Crippen LogP contribution in [0, 0.1) is 0 Å². The Bertz CT molecular complexity index is 336. The lowest BCUT2D eigenvalue weighted by Gasteiger charge is -2.32. The van der Waals surface area contributed by atoms with E-state index >= 15 is 0 Å². The lowest BCUT2D eigenvalue weighted by Crippen LogP contribution is -2.39. The Labute approximate surface area is 155 Å². The fourth-order valence-electron chi connectivity index (χ4n) is 3.20. The maximum Gasteiger partial charge on any atom is 0.305 e. The van der Waals surface area contributed by atoms with E-state index in [-0.39, 0.29) is 11.9 Å². The molecule has 0 amide bonds. The van der Waals surface area contributed by atoms with E-state index in [1.54, 1.807) is 0 Å². The van der Waals surface area contributed by atoms with Gasteiger partial charge in [0.2, 0.25) is 0 Å². The van der Waals surface area contributed by atoms with Gasteiger partial charge in [0.15, 0.2) is 0 Å². The van der Waals surface area contributed by atoms with Crippen LogP contribution in [0.5, 0.6) is 0 Å². The normalized spacial score (nSPS) is 11.4. The highest BCUT2D eigenvalue weighted by Gasteiger charge is 2.35. The number of esters is 2. The second kappa shape index (κ2) is 15.2. The van der Waals surface area contributed by atoms with Crippen molar-refractivity contribution in [3.05, 3.63) is 0 Å². The zero-order valence-corrected chi connectivity index (χ0v) is 17.0. The molecule has 0 aromatic rings. The smallest absolute Gasteiger partial charge is 0.305 e. The van der Waals surface area contributed by atoms with E-state index in [1.807, 2.05) is 0 Å². The van der Waals surface area contributed by atoms with Crippen LogP contribution >= 0.6 is 0 Å². The van der Waals surface area contributed by atoms with E-state index in [1.165, 1.54) is 65.2 Å². The Balaban J connectivity index is 4.15. The van der Waals surface area contributed by atoms with Gasteiger partial charge >= 0.3 is 11.9 Å². The van der Waals surface area contributed by atoms with Crippen LogP contribution in [0.1, 0.15) is 118 Å². The second-order valence-corrected chi connectivity index (χ2v) is 7.13. The van der Waals surface area contributed by atoms with Crippen LogP contribution in [0.2, 0.25) is 0 Å². The van der Waals surface area contributed by atoms with Crippen LogP contribution in [-0.4, -0.2) is 17.7 Å². The number of unbranched alkanes of at least 4 members (excludes halogenated alkanes) is 10. The molecule has 0 saturated heterocycles. The highest BCUT2D eigenvalue weighted by Crippen LogP contribution is 2.29. The number of hydrogen-bond donors (Lipinski definition) is 0. The Morgan fingerprint density at radius 1 is 0.600 bits per heavy atom. The molecule has 0 aromatic heterocycles. The van der Waals surface area contributed by atoms with Gasteiger partial charge in [-0.1, -0.05) is 78.1 Å². The third-order valence-electron chi connectivity index (χ3n) is 4.48. The molecule has 0 saturated carbocycles. The minimum absolute atomic E-state index is 0.385. The van der Waals surface area contributed by atoms with E-state index in [0.717, 1.165) is 25.7 Å². The van der Waals surface area contributed by atoms with Gasteiger partial charge in [-0.05, 0) is 12.8 Å². The minimum Gasteiger partial charge on any atom is -0.423 e. The van der Waals surface area contributed by atoms with Crippen molar-refractivity contribution in [1.29, 1.82) is 0 Å². The fraction of sp³-hybridized carbons (Fsp3) is 0.905. The average molecular weight is 357 g/mol. The van der Waals surface area contributed by atoms with Crippen molar-refractivity contribution in [3.8, 4) is 0 Å². The summed E-state index contributed by atoms with van der Waals surface area (Å²) >= 11 is 0. The lowest BCUT2D eigenvalue weighted by atomic mass is 9.99. The zero-order valence-electron chi connectivity index (χ0n) is 17.0. The summed E-state index contributed by atoms with van der Waals surface area (Å²) in [6.45, 7) is 7.07. The Hall–Kier alpha value is -1.06. The summed E-state index contributed by atoms with van der Waals surface area (Å²) in [5.41, 5.74) is 0. The number of hydrogen-bond acceptors (Lipinski definition) is 4. The van der Waals surface area contributed by atoms with Gasteiger partial charge < -0.3 is 9.47 Å². The van der Waals surface area contributed by atoms with E-state index < -0.39 is 5.79 Å². The molecule has 0 aliphatic carbocycles. The molecule has 0 aliphatic rings. The number of carbonyl (C=O) groups is 2. The summed E-state index contributed by atoms with van der Waals surface area (Å²) in [6.07, 6.45) is 15.5. The summed E-state index contributed by atoms with van der Waals surface area (Å²) in [7, 11) is 0. The molecule has 0 rings (SSSR count). The molecule has 0 radical (unpaired) electrons. The van der Waals surface area contributed by atoms with E-state index in [2.05, 4.69) is 13.8 Å². The molecule has 0 N–H and O–H groups in total. The minimum atomic E-state index is -1.06. The molecule has 0 spiro atoms. The molecule has 0 aliphatic heterocycles. The SMILES string of the molecule is CCCCCCCCCCCCC(CCCC)(OC(C)=O)OC(C)=O. The van der Waals surface area contributed by atoms with Crippen LogP contribution in [0.3, 0.4) is 0 Å². The summed E-state index contributed by atoms with van der Waals surface area (Å²) in [5, 5.41) is 0. The van der Waals surface area contributed by atoms with Crippen molar-refractivity contribution in [2.24, 2.45) is 0 Å². The predicted octanol–water partition coefficient (Wildman–Crippen LogP) is 6.31. The Morgan fingerprint density at radius 2 is 0.960 bits per heavy atom. The van der Waals surface area contributed by atoms with Crippen LogP contribution in [-0.2, 0) is 19.1 Å². The molecule has 148 valence electrons. The first-order valence-electron chi connectivity index (χ1n) is 10.3. The van der Waals surface area contributed by atoms with Gasteiger partial charge in [0.05, 0.1) is 0 Å². The molecule has 0 heterocycles. The largest absolute Gasteiger partial charge is 0.423 e. The van der Waals surface area contributed by atoms with Gasteiger partial charge in [-0.2, -0.15) is 0 Å². The van der Waals surface area contributed by atoms with Crippen LogP contribution in [0.15, 0.2) is 0 Å². The maximum atomic E-state index is 11.5. The highest BCUT2D eigenvalue weighted by molar-refractivity contribution is 5.68. The fourth-order valence-corrected chi connectivity index (χ4v) is 3.20. The molecule has 0 atom stereocenters. The molecular weight excluding hydrogens is 316 g/mol. The van der Waals surface area contributed by atoms with Crippen molar-refractivity contribution in [2.45, 2.75) is 123 Å². The van der Waals surface area contributed by atoms with Crippen molar-refractivity contribution in [1.82, 2.24) is 0 Å². The number of carbonyl (C=O) groups excluding carboxylic acids is 2. The first-order chi connectivity index (χ1) is 12.0. The predicted molar refractivity (Wildman–Crippen MR) is 102 cm³/mol. The number of ether oxygens (including phenoxy) is 2. The Kier molecular flexibility index (Phi) is 14.6. The summed E-state index contributed by atoms with van der Waals surface area (Å²) < 4.78 is 10.9. The topological polar surface area (TPSA) is 52.6 Å². The second-order valence-electron chi connectivity index (χ2n) is 7.13. The van der Waals surface area contributed by atoms with Crippen molar-refractivity contribution in [2.75, 3.05) is 0 Å².